The first kappa shape index (κ1) is 35.7. The second-order valence-corrected chi connectivity index (χ2v) is 26.6. The third-order valence-corrected chi connectivity index (χ3v) is 20.5. The van der Waals surface area contributed by atoms with E-state index in [-0.39, 0.29) is 59.2 Å². The highest BCUT2D eigenvalue weighted by atomic mass is 28.4. The molecule has 3 aliphatic heterocycles. The Balaban J connectivity index is 1.37. The van der Waals surface area contributed by atoms with Crippen LogP contribution in [-0.2, 0) is 27.9 Å². The zero-order valence-electron chi connectivity index (χ0n) is 30.1. The fraction of sp³-hybridized carbons (Fsp3) is 0.703. The molecule has 0 radical (unpaired) electrons. The Labute approximate surface area is 279 Å². The van der Waals surface area contributed by atoms with Gasteiger partial charge in [-0.1, -0.05) is 77.9 Å². The van der Waals surface area contributed by atoms with E-state index in [4.69, 9.17) is 27.8 Å². The summed E-state index contributed by atoms with van der Waals surface area (Å²) in [4.78, 5) is 11.8. The molecule has 0 saturated carbocycles. The third kappa shape index (κ3) is 7.36. The first-order valence-corrected chi connectivity index (χ1v) is 23.0. The van der Waals surface area contributed by atoms with Crippen LogP contribution in [0.5, 0.6) is 5.75 Å². The number of aldehydes is 1. The standard InChI is InChI=1S/C37H58O7Si2/c1-35(2,3)45(8,9)39-24-37(7)34(44-46(10,11)36(4,5)6)23-32-33(43-37)22-31-30(42-32)21-29(28(41-31)19-20-38)40-27-18-14-16-25-15-12-13-17-26(25)27/h12-18,20,28-34H,19,21-24H2,1-11H3/t28-,29+,30-,31+,32+,33-,34-,37+/m0/s1. The van der Waals surface area contributed by atoms with Crippen molar-refractivity contribution in [3.8, 4) is 5.75 Å². The van der Waals surface area contributed by atoms with Crippen molar-refractivity contribution in [1.82, 2.24) is 0 Å². The molecule has 0 aromatic heterocycles. The minimum absolute atomic E-state index is 0.0561. The second-order valence-electron chi connectivity index (χ2n) is 17.1. The van der Waals surface area contributed by atoms with Gasteiger partial charge in [0.05, 0.1) is 37.1 Å². The SMILES string of the molecule is CC(C)(C)[Si](C)(C)OC[C@@]1(C)O[C@H]2C[C@H]3O[C@@H](CC=O)[C@H](Oc4cccc5ccccc45)C[C@@H]3O[C@@H]2C[C@@H]1O[Si](C)(C)C(C)(C)C. The lowest BCUT2D eigenvalue weighted by Crippen LogP contribution is -2.66. The summed E-state index contributed by atoms with van der Waals surface area (Å²) in [6.07, 6.45) is 1.86. The molecule has 46 heavy (non-hydrogen) atoms. The first-order valence-electron chi connectivity index (χ1n) is 17.2. The summed E-state index contributed by atoms with van der Waals surface area (Å²) < 4.78 is 41.2. The van der Waals surface area contributed by atoms with Crippen molar-refractivity contribution in [3.05, 3.63) is 42.5 Å². The molecule has 3 saturated heterocycles. The molecule has 2 aromatic carbocycles. The first-order chi connectivity index (χ1) is 21.3. The van der Waals surface area contributed by atoms with Crippen LogP contribution >= 0.6 is 0 Å². The van der Waals surface area contributed by atoms with Gasteiger partial charge in [-0.15, -0.1) is 0 Å². The number of benzene rings is 2. The Kier molecular flexibility index (Phi) is 10.1. The molecule has 0 aliphatic carbocycles. The molecule has 0 amide bonds. The van der Waals surface area contributed by atoms with E-state index in [1.165, 1.54) is 0 Å². The van der Waals surface area contributed by atoms with Crippen LogP contribution in [0, 0.1) is 0 Å². The average Bonchev–Trinajstić information content (AvgIpc) is 2.95. The highest BCUT2D eigenvalue weighted by Gasteiger charge is 2.56. The lowest BCUT2D eigenvalue weighted by atomic mass is 9.83. The summed E-state index contributed by atoms with van der Waals surface area (Å²) >= 11 is 0. The molecule has 0 bridgehead atoms. The maximum atomic E-state index is 11.8. The van der Waals surface area contributed by atoms with E-state index in [1.807, 2.05) is 24.3 Å². The molecular weight excluding hydrogens is 613 g/mol. The average molecular weight is 671 g/mol. The number of hydrogen-bond donors (Lipinski definition) is 0. The molecule has 0 spiro atoms. The number of ether oxygens (including phenoxy) is 4. The van der Waals surface area contributed by atoms with Gasteiger partial charge in [0.1, 0.15) is 29.8 Å². The fourth-order valence-corrected chi connectivity index (χ4v) is 8.94. The zero-order chi connectivity index (χ0) is 33.7. The predicted octanol–water partition coefficient (Wildman–Crippen LogP) is 8.45. The largest absolute Gasteiger partial charge is 0.487 e. The zero-order valence-corrected chi connectivity index (χ0v) is 32.1. The minimum atomic E-state index is -2.14. The quantitative estimate of drug-likeness (QED) is 0.196. The summed E-state index contributed by atoms with van der Waals surface area (Å²) in [6.45, 7) is 25.5. The molecular formula is C37H58O7Si2. The summed E-state index contributed by atoms with van der Waals surface area (Å²) in [7, 11) is -4.17. The van der Waals surface area contributed by atoms with Crippen LogP contribution in [0.1, 0.15) is 74.1 Å². The fourth-order valence-electron chi connectivity index (χ4n) is 6.45. The van der Waals surface area contributed by atoms with Gasteiger partial charge in [0.2, 0.25) is 0 Å². The molecule has 9 heteroatoms. The van der Waals surface area contributed by atoms with Gasteiger partial charge in [-0.2, -0.15) is 0 Å². The third-order valence-electron chi connectivity index (χ3n) is 11.5. The van der Waals surface area contributed by atoms with Crippen LogP contribution in [0.25, 0.3) is 10.8 Å². The Morgan fingerprint density at radius 2 is 1.46 bits per heavy atom. The van der Waals surface area contributed by atoms with Gasteiger partial charge in [-0.3, -0.25) is 0 Å². The lowest BCUT2D eigenvalue weighted by Gasteiger charge is -2.56. The number of carbonyl (C=O) groups excluding carboxylic acids is 1. The summed E-state index contributed by atoms with van der Waals surface area (Å²) in [5.41, 5.74) is -0.626. The van der Waals surface area contributed by atoms with Crippen molar-refractivity contribution in [1.29, 1.82) is 0 Å². The van der Waals surface area contributed by atoms with E-state index in [0.29, 0.717) is 19.4 Å². The number of hydrogen-bond acceptors (Lipinski definition) is 7. The molecule has 256 valence electrons. The maximum Gasteiger partial charge on any atom is 0.192 e. The van der Waals surface area contributed by atoms with Crippen molar-refractivity contribution >= 4 is 33.7 Å². The van der Waals surface area contributed by atoms with Crippen LogP contribution < -0.4 is 4.74 Å². The minimum Gasteiger partial charge on any atom is -0.487 e. The molecule has 3 heterocycles. The molecule has 3 fully saturated rings. The van der Waals surface area contributed by atoms with Gasteiger partial charge in [0, 0.05) is 31.1 Å². The monoisotopic (exact) mass is 670 g/mol. The van der Waals surface area contributed by atoms with Gasteiger partial charge < -0.3 is 32.6 Å². The molecule has 0 N–H and O–H groups in total. The van der Waals surface area contributed by atoms with E-state index in [9.17, 15) is 4.79 Å². The molecule has 3 aliphatic rings. The van der Waals surface area contributed by atoms with Crippen LogP contribution in [0.15, 0.2) is 42.5 Å². The second kappa shape index (κ2) is 13.0. The van der Waals surface area contributed by atoms with Crippen molar-refractivity contribution in [2.24, 2.45) is 0 Å². The molecule has 0 unspecified atom stereocenters. The highest BCUT2D eigenvalue weighted by Crippen LogP contribution is 2.47. The van der Waals surface area contributed by atoms with Gasteiger partial charge in [0.15, 0.2) is 16.6 Å². The van der Waals surface area contributed by atoms with Crippen molar-refractivity contribution in [2.45, 2.75) is 159 Å². The van der Waals surface area contributed by atoms with Crippen molar-refractivity contribution in [2.75, 3.05) is 6.61 Å². The molecule has 2 aromatic rings. The highest BCUT2D eigenvalue weighted by molar-refractivity contribution is 6.74. The summed E-state index contributed by atoms with van der Waals surface area (Å²) in [5.74, 6) is 0.802. The smallest absolute Gasteiger partial charge is 0.192 e. The van der Waals surface area contributed by atoms with Crippen molar-refractivity contribution < 1.29 is 32.6 Å². The summed E-state index contributed by atoms with van der Waals surface area (Å²) in [6, 6.07) is 14.3. The number of carbonyl (C=O) groups is 1. The normalized spacial score (nSPS) is 32.5. The van der Waals surface area contributed by atoms with Crippen LogP contribution in [0.2, 0.25) is 36.3 Å². The van der Waals surface area contributed by atoms with Gasteiger partial charge >= 0.3 is 0 Å². The Hall–Kier alpha value is -1.60. The Morgan fingerprint density at radius 1 is 0.826 bits per heavy atom. The molecule has 7 nitrogen and oxygen atoms in total. The maximum absolute atomic E-state index is 11.8. The summed E-state index contributed by atoms with van der Waals surface area (Å²) in [5, 5.41) is 2.31. The van der Waals surface area contributed by atoms with Gasteiger partial charge in [0.25, 0.3) is 0 Å². The van der Waals surface area contributed by atoms with Crippen molar-refractivity contribution in [3.63, 3.8) is 0 Å². The number of rotatable bonds is 9. The molecule has 5 rings (SSSR count). The Morgan fingerprint density at radius 3 is 2.13 bits per heavy atom. The number of fused-ring (bicyclic) bond motifs is 3. The predicted molar refractivity (Wildman–Crippen MR) is 189 cm³/mol. The van der Waals surface area contributed by atoms with Crippen LogP contribution in [0.4, 0.5) is 0 Å². The van der Waals surface area contributed by atoms with E-state index in [1.54, 1.807) is 0 Å². The lowest BCUT2D eigenvalue weighted by molar-refractivity contribution is -0.299. The van der Waals surface area contributed by atoms with Crippen LogP contribution in [0.3, 0.4) is 0 Å². The Bertz CT molecular complexity index is 1360. The molecule has 8 atom stereocenters. The van der Waals surface area contributed by atoms with E-state index >= 15 is 0 Å². The van der Waals surface area contributed by atoms with Crippen LogP contribution in [-0.4, -0.2) is 77.9 Å². The van der Waals surface area contributed by atoms with Gasteiger partial charge in [-0.25, -0.2) is 0 Å². The van der Waals surface area contributed by atoms with E-state index in [2.05, 4.69) is 92.9 Å². The topological polar surface area (TPSA) is 72.5 Å². The van der Waals surface area contributed by atoms with Gasteiger partial charge in [-0.05, 0) is 54.6 Å². The van der Waals surface area contributed by atoms with E-state index < -0.39 is 22.2 Å². The van der Waals surface area contributed by atoms with E-state index in [0.717, 1.165) is 29.2 Å².